The van der Waals surface area contributed by atoms with Crippen molar-refractivity contribution in [2.24, 2.45) is 0 Å². The van der Waals surface area contributed by atoms with Crippen LogP contribution in [0.1, 0.15) is 29.0 Å². The van der Waals surface area contributed by atoms with E-state index in [0.717, 1.165) is 6.07 Å². The van der Waals surface area contributed by atoms with Gasteiger partial charge in [0.2, 0.25) is 5.89 Å². The number of aromatic nitrogens is 2. The maximum absolute atomic E-state index is 12.2. The number of halogens is 1. The summed E-state index contributed by atoms with van der Waals surface area (Å²) < 4.78 is 29.7. The monoisotopic (exact) mass is 374 g/mol. The van der Waals surface area contributed by atoms with Crippen molar-refractivity contribution >= 4 is 31.7 Å². The van der Waals surface area contributed by atoms with Gasteiger partial charge in [0.1, 0.15) is 5.75 Å². The molecule has 7 nitrogen and oxygen atoms in total. The van der Waals surface area contributed by atoms with Crippen LogP contribution >= 0.6 is 15.9 Å². The van der Waals surface area contributed by atoms with Crippen LogP contribution in [0.5, 0.6) is 0 Å². The molecule has 0 bridgehead atoms. The maximum atomic E-state index is 12.2. The molecule has 0 aliphatic heterocycles. The summed E-state index contributed by atoms with van der Waals surface area (Å²) in [6.07, 6.45) is 0.533. The third kappa shape index (κ3) is 3.48. The normalized spacial score (nSPS) is 11.5. The lowest BCUT2D eigenvalue weighted by molar-refractivity contribution is 0.0695. The zero-order valence-corrected chi connectivity index (χ0v) is 13.3. The van der Waals surface area contributed by atoms with Crippen molar-refractivity contribution in [3.05, 3.63) is 40.0 Å². The number of aromatic carboxylic acids is 1. The molecule has 9 heteroatoms. The first-order valence-electron chi connectivity index (χ1n) is 5.90. The maximum Gasteiger partial charge on any atom is 0.336 e. The Bertz CT molecular complexity index is 785. The van der Waals surface area contributed by atoms with Gasteiger partial charge in [-0.2, -0.15) is 4.98 Å². The lowest BCUT2D eigenvalue weighted by atomic mass is 10.2. The van der Waals surface area contributed by atoms with Crippen LogP contribution in [0.2, 0.25) is 0 Å². The average Bonchev–Trinajstić information content (AvgIpc) is 2.85. The Morgan fingerprint density at radius 2 is 2.14 bits per heavy atom. The Hall–Kier alpha value is -1.74. The summed E-state index contributed by atoms with van der Waals surface area (Å²) in [5.41, 5.74) is -0.129. The number of carbonyl (C=O) groups is 1. The number of carboxylic acids is 1. The minimum Gasteiger partial charge on any atom is -0.478 e. The van der Waals surface area contributed by atoms with E-state index in [2.05, 4.69) is 26.1 Å². The van der Waals surface area contributed by atoms with E-state index < -0.39 is 21.6 Å². The van der Waals surface area contributed by atoms with E-state index in [-0.39, 0.29) is 16.3 Å². The number of benzene rings is 1. The highest BCUT2D eigenvalue weighted by atomic mass is 79.9. The summed E-state index contributed by atoms with van der Waals surface area (Å²) >= 11 is 3.06. The third-order valence-electron chi connectivity index (χ3n) is 2.67. The summed E-state index contributed by atoms with van der Waals surface area (Å²) in [6, 6.07) is 3.80. The summed E-state index contributed by atoms with van der Waals surface area (Å²) in [7, 11) is -3.76. The first-order chi connectivity index (χ1) is 9.83. The number of hydrogen-bond donors (Lipinski definition) is 1. The van der Waals surface area contributed by atoms with Crippen molar-refractivity contribution in [3.8, 4) is 0 Å². The van der Waals surface area contributed by atoms with Gasteiger partial charge in [0.05, 0.1) is 10.5 Å². The van der Waals surface area contributed by atoms with Gasteiger partial charge in [-0.15, -0.1) is 0 Å². The zero-order valence-electron chi connectivity index (χ0n) is 10.9. The van der Waals surface area contributed by atoms with E-state index in [9.17, 15) is 13.2 Å². The highest BCUT2D eigenvalue weighted by molar-refractivity contribution is 9.10. The van der Waals surface area contributed by atoms with Crippen LogP contribution in [0.4, 0.5) is 0 Å². The van der Waals surface area contributed by atoms with Crippen LogP contribution in [-0.2, 0) is 22.0 Å². The standard InChI is InChI=1S/C12H11BrN2O5S/c1-2-10-14-11(20-15-10)6-21(18,19)7-3-4-9(13)8(5-7)12(16)17/h3-5H,2,6H2,1H3,(H,16,17). The highest BCUT2D eigenvalue weighted by Crippen LogP contribution is 2.23. The largest absolute Gasteiger partial charge is 0.478 e. The molecule has 1 heterocycles. The van der Waals surface area contributed by atoms with Crippen molar-refractivity contribution < 1.29 is 22.8 Å². The van der Waals surface area contributed by atoms with E-state index in [1.165, 1.54) is 12.1 Å². The van der Waals surface area contributed by atoms with Gasteiger partial charge in [-0.3, -0.25) is 0 Å². The topological polar surface area (TPSA) is 110 Å². The lowest BCUT2D eigenvalue weighted by Crippen LogP contribution is -2.07. The first-order valence-corrected chi connectivity index (χ1v) is 8.35. The molecule has 21 heavy (non-hydrogen) atoms. The second-order valence-corrected chi connectivity index (χ2v) is 7.01. The third-order valence-corrected chi connectivity index (χ3v) is 4.96. The molecule has 1 N–H and O–H groups in total. The van der Waals surface area contributed by atoms with Gasteiger partial charge in [0.25, 0.3) is 0 Å². The van der Waals surface area contributed by atoms with Crippen molar-refractivity contribution in [2.45, 2.75) is 24.0 Å². The molecule has 2 aromatic rings. The minimum absolute atomic E-state index is 0.0216. The molecule has 0 spiro atoms. The summed E-state index contributed by atoms with van der Waals surface area (Å²) in [5, 5.41) is 12.6. The van der Waals surface area contributed by atoms with E-state index in [1.54, 1.807) is 0 Å². The summed E-state index contributed by atoms with van der Waals surface area (Å²) in [5.74, 6) is -1.29. The molecule has 0 fully saturated rings. The number of sulfone groups is 1. The molecule has 0 aliphatic carbocycles. The van der Waals surface area contributed by atoms with Gasteiger partial charge in [-0.25, -0.2) is 13.2 Å². The highest BCUT2D eigenvalue weighted by Gasteiger charge is 2.22. The van der Waals surface area contributed by atoms with Crippen molar-refractivity contribution in [1.82, 2.24) is 10.1 Å². The summed E-state index contributed by atoms with van der Waals surface area (Å²) in [4.78, 5) is 14.9. The van der Waals surface area contributed by atoms with Gasteiger partial charge in [0.15, 0.2) is 15.7 Å². The SMILES string of the molecule is CCc1noc(CS(=O)(=O)c2ccc(Br)c(C(=O)O)c2)n1. The molecule has 0 aliphatic rings. The van der Waals surface area contributed by atoms with Crippen molar-refractivity contribution in [2.75, 3.05) is 0 Å². The number of rotatable bonds is 5. The molecule has 0 radical (unpaired) electrons. The van der Waals surface area contributed by atoms with Crippen molar-refractivity contribution in [3.63, 3.8) is 0 Å². The van der Waals surface area contributed by atoms with Gasteiger partial charge >= 0.3 is 5.97 Å². The molecule has 2 rings (SSSR count). The average molecular weight is 375 g/mol. The second-order valence-electron chi connectivity index (χ2n) is 4.16. The van der Waals surface area contributed by atoms with E-state index in [1.807, 2.05) is 6.92 Å². The van der Waals surface area contributed by atoms with Gasteiger partial charge < -0.3 is 9.63 Å². The molecule has 0 unspecified atom stereocenters. The van der Waals surface area contributed by atoms with Crippen LogP contribution < -0.4 is 0 Å². The molecular weight excluding hydrogens is 364 g/mol. The fourth-order valence-electron chi connectivity index (χ4n) is 1.60. The summed E-state index contributed by atoms with van der Waals surface area (Å²) in [6.45, 7) is 1.82. The van der Waals surface area contributed by atoms with E-state index in [0.29, 0.717) is 16.7 Å². The Labute approximate surface area is 129 Å². The molecule has 0 atom stereocenters. The van der Waals surface area contributed by atoms with Gasteiger partial charge in [-0.1, -0.05) is 12.1 Å². The van der Waals surface area contributed by atoms with Crippen molar-refractivity contribution in [1.29, 1.82) is 0 Å². The molecule has 0 saturated carbocycles. The predicted octanol–water partition coefficient (Wildman–Crippen LogP) is 2.07. The number of nitrogens with zero attached hydrogens (tertiary/aromatic N) is 2. The van der Waals surface area contributed by atoms with Crippen LogP contribution in [0.25, 0.3) is 0 Å². The van der Waals surface area contributed by atoms with Gasteiger partial charge in [0, 0.05) is 10.9 Å². The Morgan fingerprint density at radius 3 is 2.71 bits per heavy atom. The van der Waals surface area contributed by atoms with Crippen LogP contribution in [0.15, 0.2) is 32.1 Å². The zero-order chi connectivity index (χ0) is 15.6. The Balaban J connectivity index is 2.35. The molecule has 1 aromatic carbocycles. The fraction of sp³-hybridized carbons (Fsp3) is 0.250. The minimum atomic E-state index is -3.76. The van der Waals surface area contributed by atoms with Crippen LogP contribution in [0.3, 0.4) is 0 Å². The van der Waals surface area contributed by atoms with E-state index in [4.69, 9.17) is 9.63 Å². The molecule has 0 amide bonds. The fourth-order valence-corrected chi connectivity index (χ4v) is 3.20. The molecular formula is C12H11BrN2O5S. The molecule has 0 saturated heterocycles. The Kier molecular flexibility index (Phi) is 4.43. The van der Waals surface area contributed by atoms with E-state index >= 15 is 0 Å². The Morgan fingerprint density at radius 1 is 1.43 bits per heavy atom. The first kappa shape index (κ1) is 15.6. The molecule has 1 aromatic heterocycles. The quantitative estimate of drug-likeness (QED) is 0.852. The molecule has 112 valence electrons. The van der Waals surface area contributed by atoms with Crippen LogP contribution in [0, 0.1) is 0 Å². The van der Waals surface area contributed by atoms with Gasteiger partial charge in [-0.05, 0) is 34.1 Å². The number of hydrogen-bond acceptors (Lipinski definition) is 6. The van der Waals surface area contributed by atoms with Crippen LogP contribution in [-0.4, -0.2) is 29.6 Å². The number of carboxylic acid groups (broad SMARTS) is 1. The smallest absolute Gasteiger partial charge is 0.336 e. The lowest BCUT2D eigenvalue weighted by Gasteiger charge is -2.04. The second kappa shape index (κ2) is 5.94. The predicted molar refractivity (Wildman–Crippen MR) is 75.7 cm³/mol. The number of aryl methyl sites for hydroxylation is 1.